The number of hydrogen-bond donors (Lipinski definition) is 3. The number of aryl methyl sites for hydroxylation is 2. The molecule has 1 atom stereocenters. The normalized spacial score (nSPS) is 13.0. The van der Waals surface area contributed by atoms with Crippen molar-refractivity contribution in [3.05, 3.63) is 35.4 Å². The standard InChI is InChI=1S/C17H24N2O4/c1-4-17(3,16(22)23)19-15(21)11-18-14(20)10-9-13-7-5-12(2)6-8-13/h5-8H,4,9-11H2,1-3H3,(H,18,20)(H,19,21)(H,22,23). The maximum Gasteiger partial charge on any atom is 0.329 e. The molecular formula is C17H24N2O4. The third-order valence-electron chi connectivity index (χ3n) is 3.80. The highest BCUT2D eigenvalue weighted by atomic mass is 16.4. The van der Waals surface area contributed by atoms with Crippen LogP contribution in [0.4, 0.5) is 0 Å². The van der Waals surface area contributed by atoms with Crippen LogP contribution in [0.2, 0.25) is 0 Å². The molecule has 0 saturated heterocycles. The van der Waals surface area contributed by atoms with E-state index in [0.717, 1.165) is 11.1 Å². The van der Waals surface area contributed by atoms with E-state index < -0.39 is 17.4 Å². The number of benzene rings is 1. The fourth-order valence-corrected chi connectivity index (χ4v) is 1.92. The molecule has 0 spiro atoms. The summed E-state index contributed by atoms with van der Waals surface area (Å²) in [6, 6.07) is 7.90. The molecule has 1 rings (SSSR count). The van der Waals surface area contributed by atoms with Crippen molar-refractivity contribution in [3.8, 4) is 0 Å². The molecule has 0 saturated carbocycles. The molecule has 0 radical (unpaired) electrons. The first-order valence-corrected chi connectivity index (χ1v) is 7.63. The van der Waals surface area contributed by atoms with Crippen molar-refractivity contribution in [2.24, 2.45) is 0 Å². The maximum absolute atomic E-state index is 11.7. The molecule has 126 valence electrons. The molecule has 1 aromatic carbocycles. The highest BCUT2D eigenvalue weighted by Gasteiger charge is 2.32. The summed E-state index contributed by atoms with van der Waals surface area (Å²) in [5.74, 6) is -1.85. The maximum atomic E-state index is 11.7. The number of rotatable bonds is 8. The molecule has 0 aliphatic heterocycles. The Hall–Kier alpha value is -2.37. The van der Waals surface area contributed by atoms with E-state index in [0.29, 0.717) is 6.42 Å². The second-order valence-electron chi connectivity index (χ2n) is 5.80. The van der Waals surface area contributed by atoms with Crippen molar-refractivity contribution >= 4 is 17.8 Å². The van der Waals surface area contributed by atoms with Gasteiger partial charge >= 0.3 is 5.97 Å². The van der Waals surface area contributed by atoms with Crippen LogP contribution in [0.5, 0.6) is 0 Å². The van der Waals surface area contributed by atoms with Crippen molar-refractivity contribution < 1.29 is 19.5 Å². The van der Waals surface area contributed by atoms with E-state index in [1.807, 2.05) is 31.2 Å². The van der Waals surface area contributed by atoms with Crippen molar-refractivity contribution in [1.29, 1.82) is 0 Å². The third-order valence-corrected chi connectivity index (χ3v) is 3.80. The average molecular weight is 320 g/mol. The number of amides is 2. The van der Waals surface area contributed by atoms with E-state index in [9.17, 15) is 14.4 Å². The van der Waals surface area contributed by atoms with Gasteiger partial charge in [-0.25, -0.2) is 4.79 Å². The van der Waals surface area contributed by atoms with Crippen molar-refractivity contribution in [3.63, 3.8) is 0 Å². The molecule has 23 heavy (non-hydrogen) atoms. The Morgan fingerprint density at radius 1 is 1.13 bits per heavy atom. The van der Waals surface area contributed by atoms with Gasteiger partial charge in [0.05, 0.1) is 6.54 Å². The van der Waals surface area contributed by atoms with E-state index in [1.54, 1.807) is 6.92 Å². The van der Waals surface area contributed by atoms with Gasteiger partial charge in [0.25, 0.3) is 0 Å². The molecule has 3 N–H and O–H groups in total. The summed E-state index contributed by atoms with van der Waals surface area (Å²) < 4.78 is 0. The molecule has 0 aliphatic carbocycles. The number of hydrogen-bond acceptors (Lipinski definition) is 3. The smallest absolute Gasteiger partial charge is 0.329 e. The van der Waals surface area contributed by atoms with Crippen molar-refractivity contribution in [2.75, 3.05) is 6.54 Å². The van der Waals surface area contributed by atoms with Crippen molar-refractivity contribution in [1.82, 2.24) is 10.6 Å². The Labute approximate surface area is 136 Å². The summed E-state index contributed by atoms with van der Waals surface area (Å²) in [7, 11) is 0. The summed E-state index contributed by atoms with van der Waals surface area (Å²) in [6.45, 7) is 4.88. The monoisotopic (exact) mass is 320 g/mol. The van der Waals surface area contributed by atoms with E-state index in [4.69, 9.17) is 5.11 Å². The molecule has 1 aromatic rings. The van der Waals surface area contributed by atoms with E-state index in [1.165, 1.54) is 6.92 Å². The molecule has 1 unspecified atom stereocenters. The molecular weight excluding hydrogens is 296 g/mol. The molecule has 6 nitrogen and oxygen atoms in total. The summed E-state index contributed by atoms with van der Waals surface area (Å²) >= 11 is 0. The zero-order valence-corrected chi connectivity index (χ0v) is 13.8. The Balaban J connectivity index is 2.36. The van der Waals surface area contributed by atoms with Crippen LogP contribution in [-0.4, -0.2) is 35.0 Å². The SMILES string of the molecule is CCC(C)(NC(=O)CNC(=O)CCc1ccc(C)cc1)C(=O)O. The van der Waals surface area contributed by atoms with Crippen LogP contribution in [0.25, 0.3) is 0 Å². The van der Waals surface area contributed by atoms with Crippen molar-refractivity contribution in [2.45, 2.75) is 45.6 Å². The minimum Gasteiger partial charge on any atom is -0.480 e. The van der Waals surface area contributed by atoms with Crippen LogP contribution in [0, 0.1) is 6.92 Å². The molecule has 0 bridgehead atoms. The first-order valence-electron chi connectivity index (χ1n) is 7.63. The van der Waals surface area contributed by atoms with Gasteiger partial charge in [0.2, 0.25) is 11.8 Å². The summed E-state index contributed by atoms with van der Waals surface area (Å²) in [4.78, 5) is 34.6. The highest BCUT2D eigenvalue weighted by molar-refractivity contribution is 5.89. The number of carbonyl (C=O) groups excluding carboxylic acids is 2. The predicted molar refractivity (Wildman–Crippen MR) is 87.0 cm³/mol. The van der Waals surface area contributed by atoms with Crippen LogP contribution in [0.1, 0.15) is 37.8 Å². The van der Waals surface area contributed by atoms with Crippen LogP contribution < -0.4 is 10.6 Å². The number of carbonyl (C=O) groups is 3. The largest absolute Gasteiger partial charge is 0.480 e. The number of carboxylic acids is 1. The molecule has 0 aromatic heterocycles. The van der Waals surface area contributed by atoms with Crippen LogP contribution >= 0.6 is 0 Å². The van der Waals surface area contributed by atoms with Gasteiger partial charge < -0.3 is 15.7 Å². The first kappa shape index (κ1) is 18.7. The van der Waals surface area contributed by atoms with E-state index in [-0.39, 0.29) is 25.3 Å². The lowest BCUT2D eigenvalue weighted by Gasteiger charge is -2.24. The van der Waals surface area contributed by atoms with Gasteiger partial charge in [-0.15, -0.1) is 0 Å². The lowest BCUT2D eigenvalue weighted by molar-refractivity contribution is -0.146. The Kier molecular flexibility index (Phi) is 6.75. The van der Waals surface area contributed by atoms with Gasteiger partial charge in [0, 0.05) is 6.42 Å². The minimum absolute atomic E-state index is 0.227. The third kappa shape index (κ3) is 6.10. The molecule has 2 amide bonds. The first-order chi connectivity index (χ1) is 10.8. The van der Waals surface area contributed by atoms with Crippen LogP contribution in [0.3, 0.4) is 0 Å². The summed E-state index contributed by atoms with van der Waals surface area (Å²) in [6.07, 6.45) is 1.13. The molecule has 0 fully saturated rings. The predicted octanol–water partition coefficient (Wildman–Crippen LogP) is 1.41. The topological polar surface area (TPSA) is 95.5 Å². The summed E-state index contributed by atoms with van der Waals surface area (Å²) in [5.41, 5.74) is 0.899. The highest BCUT2D eigenvalue weighted by Crippen LogP contribution is 2.09. The molecule has 0 aliphatic rings. The Bertz CT molecular complexity index is 568. The molecule has 6 heteroatoms. The van der Waals surface area contributed by atoms with Gasteiger partial charge in [-0.05, 0) is 32.3 Å². The van der Waals surface area contributed by atoms with Gasteiger partial charge in [-0.1, -0.05) is 36.8 Å². The minimum atomic E-state index is -1.32. The van der Waals surface area contributed by atoms with Gasteiger partial charge in [0.15, 0.2) is 0 Å². The van der Waals surface area contributed by atoms with Crippen LogP contribution in [0.15, 0.2) is 24.3 Å². The zero-order chi connectivity index (χ0) is 17.5. The Morgan fingerprint density at radius 3 is 2.26 bits per heavy atom. The van der Waals surface area contributed by atoms with Gasteiger partial charge in [-0.2, -0.15) is 0 Å². The van der Waals surface area contributed by atoms with E-state index >= 15 is 0 Å². The van der Waals surface area contributed by atoms with Gasteiger partial charge in [0.1, 0.15) is 5.54 Å². The second-order valence-corrected chi connectivity index (χ2v) is 5.80. The lowest BCUT2D eigenvalue weighted by Crippen LogP contribution is -2.54. The van der Waals surface area contributed by atoms with E-state index in [2.05, 4.69) is 10.6 Å². The Morgan fingerprint density at radius 2 is 1.74 bits per heavy atom. The van der Waals surface area contributed by atoms with Gasteiger partial charge in [-0.3, -0.25) is 9.59 Å². The number of aliphatic carboxylic acids is 1. The fraction of sp³-hybridized carbons (Fsp3) is 0.471. The summed E-state index contributed by atoms with van der Waals surface area (Å²) in [5, 5.41) is 14.0. The second kappa shape index (κ2) is 8.31. The number of carboxylic acid groups (broad SMARTS) is 1. The zero-order valence-electron chi connectivity index (χ0n) is 13.8. The molecule has 0 heterocycles. The lowest BCUT2D eigenvalue weighted by atomic mass is 9.99. The quantitative estimate of drug-likeness (QED) is 0.675. The average Bonchev–Trinajstić information content (AvgIpc) is 2.52. The fourth-order valence-electron chi connectivity index (χ4n) is 1.92. The van der Waals surface area contributed by atoms with Crippen LogP contribution in [-0.2, 0) is 20.8 Å². The number of nitrogens with one attached hydrogen (secondary N) is 2.